The lowest BCUT2D eigenvalue weighted by molar-refractivity contribution is 0.0918. The van der Waals surface area contributed by atoms with E-state index in [-0.39, 0.29) is 11.6 Å². The molecule has 1 aliphatic carbocycles. The molecular weight excluding hydrogens is 240 g/mol. The molecule has 19 heavy (non-hydrogen) atoms. The highest BCUT2D eigenvalue weighted by molar-refractivity contribution is 5.68. The third kappa shape index (κ3) is 3.05. The first-order chi connectivity index (χ1) is 8.90. The molecule has 2 rings (SSSR count). The van der Waals surface area contributed by atoms with Gasteiger partial charge in [0.15, 0.2) is 0 Å². The van der Waals surface area contributed by atoms with E-state index >= 15 is 0 Å². The third-order valence-electron chi connectivity index (χ3n) is 3.06. The van der Waals surface area contributed by atoms with Crippen molar-refractivity contribution in [3.63, 3.8) is 0 Å². The zero-order chi connectivity index (χ0) is 14.0. The van der Waals surface area contributed by atoms with E-state index in [2.05, 4.69) is 11.4 Å². The van der Waals surface area contributed by atoms with Gasteiger partial charge < -0.3 is 10.1 Å². The van der Waals surface area contributed by atoms with Gasteiger partial charge in [-0.25, -0.2) is 4.79 Å². The predicted molar refractivity (Wildman–Crippen MR) is 71.6 cm³/mol. The van der Waals surface area contributed by atoms with Crippen LogP contribution in [0, 0.1) is 11.3 Å². The Balaban J connectivity index is 2.12. The average molecular weight is 258 g/mol. The highest BCUT2D eigenvalue weighted by Gasteiger charge is 2.28. The Morgan fingerprint density at radius 2 is 2.21 bits per heavy atom. The number of ether oxygens (including phenoxy) is 1. The van der Waals surface area contributed by atoms with Crippen molar-refractivity contribution in [3.05, 3.63) is 34.9 Å². The van der Waals surface area contributed by atoms with E-state index in [0.29, 0.717) is 5.56 Å². The molecular formula is C15H18N2O2. The lowest BCUT2D eigenvalue weighted by Crippen LogP contribution is -2.41. The second-order valence-electron chi connectivity index (χ2n) is 5.79. The number of hydrogen-bond donors (Lipinski definition) is 1. The van der Waals surface area contributed by atoms with E-state index in [4.69, 9.17) is 10.00 Å². The minimum Gasteiger partial charge on any atom is -0.441 e. The molecule has 1 aromatic carbocycles. The Hall–Kier alpha value is -2.02. The van der Waals surface area contributed by atoms with Crippen LogP contribution in [0.5, 0.6) is 0 Å². The number of rotatable bonds is 1. The summed E-state index contributed by atoms with van der Waals surface area (Å²) in [5.41, 5.74) is 2.34. The van der Waals surface area contributed by atoms with Gasteiger partial charge in [-0.05, 0) is 50.8 Å². The van der Waals surface area contributed by atoms with Crippen molar-refractivity contribution in [3.8, 4) is 6.07 Å². The summed E-state index contributed by atoms with van der Waals surface area (Å²) in [6.45, 7) is 5.72. The van der Waals surface area contributed by atoms with Crippen LogP contribution in [0.15, 0.2) is 18.2 Å². The van der Waals surface area contributed by atoms with Gasteiger partial charge in [0.1, 0.15) is 6.10 Å². The Labute approximate surface area is 113 Å². The number of carbonyl (C=O) groups is 1. The van der Waals surface area contributed by atoms with E-state index in [1.165, 1.54) is 0 Å². The van der Waals surface area contributed by atoms with Crippen LogP contribution in [0.1, 0.15) is 50.0 Å². The van der Waals surface area contributed by atoms with Crippen LogP contribution in [0.4, 0.5) is 4.79 Å². The molecule has 0 fully saturated rings. The smallest absolute Gasteiger partial charge is 0.408 e. The van der Waals surface area contributed by atoms with Gasteiger partial charge in [0.05, 0.1) is 11.6 Å². The lowest BCUT2D eigenvalue weighted by Gasteiger charge is -2.22. The Bertz CT molecular complexity index is 538. The summed E-state index contributed by atoms with van der Waals surface area (Å²) in [6.07, 6.45) is 0.872. The van der Waals surface area contributed by atoms with Crippen LogP contribution in [-0.2, 0) is 11.2 Å². The average Bonchev–Trinajstić information content (AvgIpc) is 2.70. The second kappa shape index (κ2) is 4.93. The first-order valence-electron chi connectivity index (χ1n) is 6.41. The van der Waals surface area contributed by atoms with Crippen molar-refractivity contribution in [1.82, 2.24) is 5.32 Å². The molecule has 0 saturated carbocycles. The largest absolute Gasteiger partial charge is 0.441 e. The highest BCUT2D eigenvalue weighted by Crippen LogP contribution is 2.35. The Morgan fingerprint density at radius 1 is 1.47 bits per heavy atom. The molecule has 0 radical (unpaired) electrons. The van der Waals surface area contributed by atoms with Crippen LogP contribution >= 0.6 is 0 Å². The second-order valence-corrected chi connectivity index (χ2v) is 5.79. The van der Waals surface area contributed by atoms with Crippen LogP contribution in [-0.4, -0.2) is 11.6 Å². The fourth-order valence-electron chi connectivity index (χ4n) is 2.31. The molecule has 1 N–H and O–H groups in total. The van der Waals surface area contributed by atoms with Gasteiger partial charge >= 0.3 is 6.09 Å². The number of nitrogens with zero attached hydrogens (tertiary/aromatic N) is 1. The molecule has 0 heterocycles. The summed E-state index contributed by atoms with van der Waals surface area (Å²) in [5, 5.41) is 11.8. The van der Waals surface area contributed by atoms with Crippen molar-refractivity contribution >= 4 is 6.09 Å². The number of benzene rings is 1. The van der Waals surface area contributed by atoms with E-state index in [0.717, 1.165) is 24.0 Å². The van der Waals surface area contributed by atoms with Crippen molar-refractivity contribution in [1.29, 1.82) is 5.26 Å². The Morgan fingerprint density at radius 3 is 2.84 bits per heavy atom. The van der Waals surface area contributed by atoms with Gasteiger partial charge in [-0.3, -0.25) is 0 Å². The van der Waals surface area contributed by atoms with Crippen LogP contribution < -0.4 is 5.32 Å². The first-order valence-corrected chi connectivity index (χ1v) is 6.41. The van der Waals surface area contributed by atoms with Gasteiger partial charge in [-0.2, -0.15) is 5.26 Å². The van der Waals surface area contributed by atoms with E-state index in [9.17, 15) is 4.79 Å². The van der Waals surface area contributed by atoms with Crippen molar-refractivity contribution in [2.45, 2.75) is 45.3 Å². The predicted octanol–water partition coefficient (Wildman–Crippen LogP) is 3.07. The molecule has 0 aromatic heterocycles. The molecule has 1 aromatic rings. The lowest BCUT2D eigenvalue weighted by atomic mass is 10.0. The van der Waals surface area contributed by atoms with Crippen molar-refractivity contribution in [2.24, 2.45) is 0 Å². The number of hydrogen-bond acceptors (Lipinski definition) is 3. The maximum absolute atomic E-state index is 11.8. The number of alkyl carbamates (subject to hydrolysis) is 1. The molecule has 0 unspecified atom stereocenters. The number of nitriles is 1. The van der Waals surface area contributed by atoms with Gasteiger partial charge in [0.25, 0.3) is 0 Å². The first kappa shape index (κ1) is 13.4. The quantitative estimate of drug-likeness (QED) is 0.842. The van der Waals surface area contributed by atoms with Crippen molar-refractivity contribution in [2.75, 3.05) is 0 Å². The monoisotopic (exact) mass is 258 g/mol. The molecule has 1 amide bonds. The zero-order valence-electron chi connectivity index (χ0n) is 11.5. The number of amides is 1. The number of nitrogens with one attached hydrogen (secondary N) is 1. The summed E-state index contributed by atoms with van der Waals surface area (Å²) in [5.74, 6) is 0. The molecule has 100 valence electrons. The summed E-state index contributed by atoms with van der Waals surface area (Å²) in [4.78, 5) is 11.8. The molecule has 0 bridgehead atoms. The third-order valence-corrected chi connectivity index (χ3v) is 3.06. The normalized spacial score (nSPS) is 17.5. The van der Waals surface area contributed by atoms with Gasteiger partial charge in [-0.15, -0.1) is 0 Å². The van der Waals surface area contributed by atoms with Gasteiger partial charge in [-0.1, -0.05) is 12.1 Å². The molecule has 0 aliphatic heterocycles. The summed E-state index contributed by atoms with van der Waals surface area (Å²) >= 11 is 0. The number of fused-ring (bicyclic) bond motifs is 1. The minimum absolute atomic E-state index is 0.245. The van der Waals surface area contributed by atoms with E-state index in [1.807, 2.05) is 32.9 Å². The SMILES string of the molecule is CC(C)(C)NC(=O)O[C@@H]1CCc2c(C#N)cccc21. The maximum Gasteiger partial charge on any atom is 0.408 e. The minimum atomic E-state index is -0.410. The maximum atomic E-state index is 11.8. The zero-order valence-corrected chi connectivity index (χ0v) is 11.5. The van der Waals surface area contributed by atoms with Crippen molar-refractivity contribution < 1.29 is 9.53 Å². The molecule has 4 nitrogen and oxygen atoms in total. The highest BCUT2D eigenvalue weighted by atomic mass is 16.6. The Kier molecular flexibility index (Phi) is 3.48. The molecule has 0 saturated heterocycles. The summed E-state index contributed by atoms with van der Waals surface area (Å²) in [7, 11) is 0. The van der Waals surface area contributed by atoms with E-state index < -0.39 is 6.09 Å². The standard InChI is InChI=1S/C15H18N2O2/c1-15(2,3)17-14(18)19-13-8-7-11-10(9-16)5-4-6-12(11)13/h4-6,13H,7-8H2,1-3H3,(H,17,18)/t13-/m1/s1. The molecule has 0 spiro atoms. The van der Waals surface area contributed by atoms with E-state index in [1.54, 1.807) is 6.07 Å². The van der Waals surface area contributed by atoms with Crippen LogP contribution in [0.25, 0.3) is 0 Å². The van der Waals surface area contributed by atoms with Gasteiger partial charge in [0.2, 0.25) is 0 Å². The molecule has 4 heteroatoms. The summed E-state index contributed by atoms with van der Waals surface area (Å²) in [6, 6.07) is 7.75. The fraction of sp³-hybridized carbons (Fsp3) is 0.467. The number of carbonyl (C=O) groups excluding carboxylic acids is 1. The molecule has 1 aliphatic rings. The fourth-order valence-corrected chi connectivity index (χ4v) is 2.31. The van der Waals surface area contributed by atoms with Crippen LogP contribution in [0.3, 0.4) is 0 Å². The molecule has 1 atom stereocenters. The topological polar surface area (TPSA) is 62.1 Å². The van der Waals surface area contributed by atoms with Gasteiger partial charge in [0, 0.05) is 5.54 Å². The summed E-state index contributed by atoms with van der Waals surface area (Å²) < 4.78 is 5.45. The van der Waals surface area contributed by atoms with Crippen LogP contribution in [0.2, 0.25) is 0 Å².